The number of halogens is 1. The van der Waals surface area contributed by atoms with E-state index in [0.717, 1.165) is 0 Å². The van der Waals surface area contributed by atoms with Crippen molar-refractivity contribution in [3.05, 3.63) is 47.7 Å². The second kappa shape index (κ2) is 6.99. The largest absolute Gasteiger partial charge is 0.356 e. The number of rotatable bonds is 4. The highest BCUT2D eigenvalue weighted by atomic mass is 32.2. The molecule has 1 fully saturated rings. The third kappa shape index (κ3) is 4.16. The SMILES string of the molecule is Cc1nc(C(=O)Nc2ccc(F)cc2)cc(N(C)C2CCS(=O)(=O)C2)n1. The number of hydrogen-bond donors (Lipinski definition) is 1. The molecule has 1 amide bonds. The Labute approximate surface area is 151 Å². The molecule has 1 unspecified atom stereocenters. The first kappa shape index (κ1) is 18.2. The average Bonchev–Trinajstić information content (AvgIpc) is 2.95. The highest BCUT2D eigenvalue weighted by Gasteiger charge is 2.31. The highest BCUT2D eigenvalue weighted by molar-refractivity contribution is 7.91. The number of benzene rings is 1. The van der Waals surface area contributed by atoms with Crippen molar-refractivity contribution < 1.29 is 17.6 Å². The third-order valence-corrected chi connectivity index (χ3v) is 6.03. The first-order valence-corrected chi connectivity index (χ1v) is 9.91. The van der Waals surface area contributed by atoms with Crippen LogP contribution in [0.25, 0.3) is 0 Å². The summed E-state index contributed by atoms with van der Waals surface area (Å²) in [6.45, 7) is 1.66. The summed E-state index contributed by atoms with van der Waals surface area (Å²) in [5.41, 5.74) is 0.606. The molecule has 1 saturated heterocycles. The summed E-state index contributed by atoms with van der Waals surface area (Å²) < 4.78 is 36.4. The first-order chi connectivity index (χ1) is 12.2. The van der Waals surface area contributed by atoms with Crippen LogP contribution in [-0.2, 0) is 9.84 Å². The van der Waals surface area contributed by atoms with Crippen LogP contribution in [0.5, 0.6) is 0 Å². The van der Waals surface area contributed by atoms with Crippen LogP contribution in [0.15, 0.2) is 30.3 Å². The standard InChI is InChI=1S/C17H19FN4O3S/c1-11-19-15(17(23)21-13-5-3-12(18)4-6-13)9-16(20-11)22(2)14-7-8-26(24,25)10-14/h3-6,9,14H,7-8,10H2,1-2H3,(H,21,23). The van der Waals surface area contributed by atoms with Crippen LogP contribution in [-0.4, -0.2) is 48.9 Å². The van der Waals surface area contributed by atoms with Crippen molar-refractivity contribution in [3.63, 3.8) is 0 Å². The molecule has 0 radical (unpaired) electrons. The lowest BCUT2D eigenvalue weighted by Crippen LogP contribution is -2.33. The normalized spacial score (nSPS) is 18.5. The maximum atomic E-state index is 13.0. The van der Waals surface area contributed by atoms with Crippen LogP contribution < -0.4 is 10.2 Å². The minimum Gasteiger partial charge on any atom is -0.356 e. The van der Waals surface area contributed by atoms with E-state index in [1.807, 2.05) is 0 Å². The van der Waals surface area contributed by atoms with Crippen LogP contribution in [0, 0.1) is 12.7 Å². The summed E-state index contributed by atoms with van der Waals surface area (Å²) in [5, 5.41) is 2.65. The lowest BCUT2D eigenvalue weighted by atomic mass is 10.2. The van der Waals surface area contributed by atoms with E-state index in [1.165, 1.54) is 30.3 Å². The fraction of sp³-hybridized carbons (Fsp3) is 0.353. The number of carbonyl (C=O) groups excluding carboxylic acids is 1. The van der Waals surface area contributed by atoms with E-state index < -0.39 is 21.6 Å². The van der Waals surface area contributed by atoms with Gasteiger partial charge in [-0.15, -0.1) is 0 Å². The molecule has 26 heavy (non-hydrogen) atoms. The molecule has 0 bridgehead atoms. The van der Waals surface area contributed by atoms with Crippen molar-refractivity contribution in [3.8, 4) is 0 Å². The number of hydrogen-bond acceptors (Lipinski definition) is 6. The van der Waals surface area contributed by atoms with E-state index in [1.54, 1.807) is 18.9 Å². The minimum absolute atomic E-state index is 0.0731. The van der Waals surface area contributed by atoms with Crippen LogP contribution >= 0.6 is 0 Å². The van der Waals surface area contributed by atoms with E-state index in [2.05, 4.69) is 15.3 Å². The zero-order valence-corrected chi connectivity index (χ0v) is 15.3. The number of sulfone groups is 1. The summed E-state index contributed by atoms with van der Waals surface area (Å²) in [4.78, 5) is 22.7. The van der Waals surface area contributed by atoms with Gasteiger partial charge < -0.3 is 10.2 Å². The molecule has 1 aliphatic rings. The highest BCUT2D eigenvalue weighted by Crippen LogP contribution is 2.22. The zero-order valence-electron chi connectivity index (χ0n) is 14.4. The van der Waals surface area contributed by atoms with Gasteiger partial charge in [0.05, 0.1) is 11.5 Å². The Hall–Kier alpha value is -2.55. The van der Waals surface area contributed by atoms with Gasteiger partial charge in [-0.1, -0.05) is 0 Å². The quantitative estimate of drug-likeness (QED) is 0.872. The molecule has 1 N–H and O–H groups in total. The predicted octanol–water partition coefficient (Wildman–Crippen LogP) is 1.80. The topological polar surface area (TPSA) is 92.3 Å². The van der Waals surface area contributed by atoms with Gasteiger partial charge in [-0.2, -0.15) is 0 Å². The van der Waals surface area contributed by atoms with E-state index in [9.17, 15) is 17.6 Å². The van der Waals surface area contributed by atoms with Crippen molar-refractivity contribution in [2.75, 3.05) is 28.8 Å². The molecule has 138 valence electrons. The van der Waals surface area contributed by atoms with E-state index in [0.29, 0.717) is 23.8 Å². The Morgan fingerprint density at radius 1 is 1.27 bits per heavy atom. The fourth-order valence-corrected chi connectivity index (χ4v) is 4.62. The molecule has 1 aromatic carbocycles. The second-order valence-corrected chi connectivity index (χ2v) is 8.52. The van der Waals surface area contributed by atoms with Gasteiger partial charge in [0.25, 0.3) is 5.91 Å². The monoisotopic (exact) mass is 378 g/mol. The third-order valence-electron chi connectivity index (χ3n) is 4.28. The number of nitrogens with zero attached hydrogens (tertiary/aromatic N) is 3. The van der Waals surface area contributed by atoms with E-state index >= 15 is 0 Å². The maximum Gasteiger partial charge on any atom is 0.274 e. The van der Waals surface area contributed by atoms with Gasteiger partial charge in [-0.25, -0.2) is 22.8 Å². The smallest absolute Gasteiger partial charge is 0.274 e. The summed E-state index contributed by atoms with van der Waals surface area (Å²) in [6, 6.07) is 6.76. The van der Waals surface area contributed by atoms with Gasteiger partial charge in [-0.05, 0) is 37.6 Å². The molecule has 0 aliphatic carbocycles. The Balaban J connectivity index is 1.80. The molecule has 7 nitrogen and oxygen atoms in total. The summed E-state index contributed by atoms with van der Waals surface area (Å²) in [6.07, 6.45) is 0.527. The fourth-order valence-electron chi connectivity index (χ4n) is 2.85. The minimum atomic E-state index is -3.02. The van der Waals surface area contributed by atoms with Crippen LogP contribution in [0.4, 0.5) is 15.9 Å². The molecule has 2 aromatic rings. The average molecular weight is 378 g/mol. The molecular formula is C17H19FN4O3S. The number of amides is 1. The number of aryl methyl sites for hydroxylation is 1. The Morgan fingerprint density at radius 2 is 1.96 bits per heavy atom. The van der Waals surface area contributed by atoms with Crippen molar-refractivity contribution >= 4 is 27.2 Å². The first-order valence-electron chi connectivity index (χ1n) is 8.09. The van der Waals surface area contributed by atoms with Crippen LogP contribution in [0.3, 0.4) is 0 Å². The van der Waals surface area contributed by atoms with Gasteiger partial charge in [0, 0.05) is 24.8 Å². The van der Waals surface area contributed by atoms with Crippen molar-refractivity contribution in [1.29, 1.82) is 0 Å². The summed E-state index contributed by atoms with van der Waals surface area (Å²) in [5.74, 6) is 0.281. The van der Waals surface area contributed by atoms with E-state index in [4.69, 9.17) is 0 Å². The van der Waals surface area contributed by atoms with Gasteiger partial charge in [-0.3, -0.25) is 4.79 Å². The van der Waals surface area contributed by atoms with E-state index in [-0.39, 0.29) is 23.2 Å². The molecule has 0 saturated carbocycles. The number of carbonyl (C=O) groups is 1. The summed E-state index contributed by atoms with van der Waals surface area (Å²) in [7, 11) is -1.27. The predicted molar refractivity (Wildman–Crippen MR) is 96.6 cm³/mol. The Bertz CT molecular complexity index is 932. The molecular weight excluding hydrogens is 359 g/mol. The van der Waals surface area contributed by atoms with Crippen molar-refractivity contribution in [2.24, 2.45) is 0 Å². The molecule has 2 heterocycles. The lowest BCUT2D eigenvalue weighted by molar-refractivity contribution is 0.102. The zero-order chi connectivity index (χ0) is 18.9. The molecule has 1 aliphatic heterocycles. The Morgan fingerprint density at radius 3 is 2.58 bits per heavy atom. The number of aromatic nitrogens is 2. The van der Waals surface area contributed by atoms with Crippen molar-refractivity contribution in [2.45, 2.75) is 19.4 Å². The van der Waals surface area contributed by atoms with Crippen molar-refractivity contribution in [1.82, 2.24) is 9.97 Å². The van der Waals surface area contributed by atoms with Crippen LogP contribution in [0.2, 0.25) is 0 Å². The number of anilines is 2. The molecule has 9 heteroatoms. The summed E-state index contributed by atoms with van der Waals surface area (Å²) >= 11 is 0. The number of nitrogens with one attached hydrogen (secondary N) is 1. The van der Waals surface area contributed by atoms with Crippen LogP contribution in [0.1, 0.15) is 22.7 Å². The molecule has 1 atom stereocenters. The Kier molecular flexibility index (Phi) is 4.90. The van der Waals surface area contributed by atoms with Gasteiger partial charge in [0.15, 0.2) is 9.84 Å². The molecule has 0 spiro atoms. The molecule has 1 aromatic heterocycles. The maximum absolute atomic E-state index is 13.0. The second-order valence-electron chi connectivity index (χ2n) is 6.29. The van der Waals surface area contributed by atoms with Gasteiger partial charge in [0.2, 0.25) is 0 Å². The van der Waals surface area contributed by atoms with Gasteiger partial charge >= 0.3 is 0 Å². The molecule has 3 rings (SSSR count). The lowest BCUT2D eigenvalue weighted by Gasteiger charge is -2.25. The van der Waals surface area contributed by atoms with Gasteiger partial charge in [0.1, 0.15) is 23.2 Å².